The molecule has 1 aromatic heterocycles. The average Bonchev–Trinajstić information content (AvgIpc) is 3.21. The largest absolute Gasteiger partial charge is 0.454 e. The summed E-state index contributed by atoms with van der Waals surface area (Å²) in [5, 5.41) is 14.5. The number of amides is 1. The molecule has 1 aliphatic heterocycles. The predicted octanol–water partition coefficient (Wildman–Crippen LogP) is 3.47. The zero-order valence-electron chi connectivity index (χ0n) is 15.7. The van der Waals surface area contributed by atoms with Crippen molar-refractivity contribution in [2.24, 2.45) is 0 Å². The maximum Gasteiger partial charge on any atom is 0.257 e. The Kier molecular flexibility index (Phi) is 4.88. The fourth-order valence-electron chi connectivity index (χ4n) is 3.60. The van der Waals surface area contributed by atoms with Crippen LogP contribution in [-0.4, -0.2) is 30.5 Å². The molecule has 29 heavy (non-hydrogen) atoms. The van der Waals surface area contributed by atoms with Gasteiger partial charge in [-0.15, -0.1) is 0 Å². The van der Waals surface area contributed by atoms with Gasteiger partial charge in [0.25, 0.3) is 5.91 Å². The molecule has 0 fully saturated rings. The Morgan fingerprint density at radius 2 is 1.83 bits per heavy atom. The molecule has 2 unspecified atom stereocenters. The molecule has 0 spiro atoms. The van der Waals surface area contributed by atoms with Crippen molar-refractivity contribution in [3.63, 3.8) is 0 Å². The second kappa shape index (κ2) is 7.50. The number of furan rings is 1. The lowest BCUT2D eigenvalue weighted by Crippen LogP contribution is -2.52. The number of hydrogen-bond donors (Lipinski definition) is 2. The Bertz CT molecular complexity index is 1090. The molecular formula is C23H19NO5. The van der Waals surface area contributed by atoms with Crippen LogP contribution in [0.2, 0.25) is 0 Å². The molecule has 4 rings (SSSR count). The number of carbonyl (C=O) groups is 2. The molecule has 0 aliphatic carbocycles. The second-order valence-electron chi connectivity index (χ2n) is 6.73. The van der Waals surface area contributed by atoms with E-state index in [-0.39, 0.29) is 5.76 Å². The summed E-state index contributed by atoms with van der Waals surface area (Å²) in [6.07, 6.45) is 3.07. The van der Waals surface area contributed by atoms with E-state index in [1.807, 2.05) is 12.1 Å². The van der Waals surface area contributed by atoms with Crippen LogP contribution in [0.1, 0.15) is 33.0 Å². The van der Waals surface area contributed by atoms with Gasteiger partial charge in [-0.2, -0.15) is 0 Å². The summed E-state index contributed by atoms with van der Waals surface area (Å²) in [6.45, 7) is 0. The minimum Gasteiger partial charge on any atom is -0.454 e. The molecule has 2 atom stereocenters. The number of hydrogen-bond acceptors (Lipinski definition) is 5. The standard InChI is InChI=1S/C23H19NO5/c1-28-21-22(26)24-20-12-8-15(7-9-17-10-11-18(14-25)29-17)13-19(20)23(21,27)16-5-3-2-4-6-16/h2-14,21,27H,1H3,(H,24,26). The molecule has 0 bridgehead atoms. The molecule has 1 amide bonds. The van der Waals surface area contributed by atoms with E-state index in [0.717, 1.165) is 5.56 Å². The Labute approximate surface area is 167 Å². The Morgan fingerprint density at radius 3 is 2.52 bits per heavy atom. The van der Waals surface area contributed by atoms with Crippen LogP contribution in [0.5, 0.6) is 0 Å². The minimum absolute atomic E-state index is 0.249. The van der Waals surface area contributed by atoms with Gasteiger partial charge in [-0.1, -0.05) is 42.5 Å². The van der Waals surface area contributed by atoms with Gasteiger partial charge in [-0.25, -0.2) is 0 Å². The number of benzene rings is 2. The van der Waals surface area contributed by atoms with Crippen LogP contribution in [0.15, 0.2) is 65.1 Å². The first-order chi connectivity index (χ1) is 14.1. The molecular weight excluding hydrogens is 370 g/mol. The Morgan fingerprint density at radius 1 is 1.07 bits per heavy atom. The number of aldehydes is 1. The molecule has 2 aromatic carbocycles. The zero-order valence-corrected chi connectivity index (χ0v) is 15.7. The van der Waals surface area contributed by atoms with E-state index in [4.69, 9.17) is 9.15 Å². The van der Waals surface area contributed by atoms with Crippen LogP contribution in [0.25, 0.3) is 12.2 Å². The lowest BCUT2D eigenvalue weighted by molar-refractivity contribution is -0.142. The topological polar surface area (TPSA) is 88.8 Å². The predicted molar refractivity (Wildman–Crippen MR) is 108 cm³/mol. The molecule has 6 heteroatoms. The van der Waals surface area contributed by atoms with Crippen molar-refractivity contribution in [3.05, 3.63) is 88.9 Å². The number of rotatable bonds is 5. The minimum atomic E-state index is -1.65. The summed E-state index contributed by atoms with van der Waals surface area (Å²) in [4.78, 5) is 23.3. The third-order valence-corrected chi connectivity index (χ3v) is 4.98. The molecule has 2 N–H and O–H groups in total. The molecule has 0 saturated carbocycles. The van der Waals surface area contributed by atoms with Gasteiger partial charge >= 0.3 is 0 Å². The number of carbonyl (C=O) groups excluding carboxylic acids is 2. The van der Waals surface area contributed by atoms with E-state index < -0.39 is 17.6 Å². The first kappa shape index (κ1) is 18.9. The number of anilines is 1. The normalized spacial score (nSPS) is 21.0. The van der Waals surface area contributed by atoms with E-state index in [2.05, 4.69) is 5.32 Å². The van der Waals surface area contributed by atoms with Crippen LogP contribution in [-0.2, 0) is 15.1 Å². The highest BCUT2D eigenvalue weighted by molar-refractivity contribution is 6.00. The third kappa shape index (κ3) is 3.29. The van der Waals surface area contributed by atoms with E-state index in [1.165, 1.54) is 7.11 Å². The Balaban J connectivity index is 1.79. The SMILES string of the molecule is COC1C(=O)Nc2ccc(C=Cc3ccc(C=O)o3)cc2C1(O)c1ccccc1. The van der Waals surface area contributed by atoms with Gasteiger partial charge in [-0.3, -0.25) is 9.59 Å². The number of nitrogens with one attached hydrogen (secondary N) is 1. The first-order valence-electron chi connectivity index (χ1n) is 9.05. The van der Waals surface area contributed by atoms with Crippen molar-refractivity contribution >= 4 is 30.0 Å². The summed E-state index contributed by atoms with van der Waals surface area (Å²) < 4.78 is 10.7. The van der Waals surface area contributed by atoms with Crippen molar-refractivity contribution in [2.75, 3.05) is 12.4 Å². The van der Waals surface area contributed by atoms with Crippen LogP contribution in [0.3, 0.4) is 0 Å². The van der Waals surface area contributed by atoms with Crippen LogP contribution >= 0.6 is 0 Å². The highest BCUT2D eigenvalue weighted by Crippen LogP contribution is 2.42. The van der Waals surface area contributed by atoms with Crippen molar-refractivity contribution in [1.82, 2.24) is 0 Å². The fraction of sp³-hybridized carbons (Fsp3) is 0.130. The van der Waals surface area contributed by atoms with E-state index >= 15 is 0 Å². The van der Waals surface area contributed by atoms with Gasteiger partial charge in [0.05, 0.1) is 0 Å². The number of ether oxygens (including phenoxy) is 1. The summed E-state index contributed by atoms with van der Waals surface area (Å²) in [7, 11) is 1.40. The van der Waals surface area contributed by atoms with Crippen molar-refractivity contribution in [2.45, 2.75) is 11.7 Å². The van der Waals surface area contributed by atoms with E-state index in [1.54, 1.807) is 60.7 Å². The summed E-state index contributed by atoms with van der Waals surface area (Å²) in [6, 6.07) is 17.6. The highest BCUT2D eigenvalue weighted by atomic mass is 16.5. The number of methoxy groups -OCH3 is 1. The van der Waals surface area contributed by atoms with Gasteiger partial charge in [0.1, 0.15) is 5.76 Å². The molecule has 0 saturated heterocycles. The summed E-state index contributed by atoms with van der Waals surface area (Å²) >= 11 is 0. The van der Waals surface area contributed by atoms with Crippen molar-refractivity contribution in [3.8, 4) is 0 Å². The van der Waals surface area contributed by atoms with E-state index in [9.17, 15) is 14.7 Å². The lowest BCUT2D eigenvalue weighted by atomic mass is 9.77. The van der Waals surface area contributed by atoms with Gasteiger partial charge < -0.3 is 19.6 Å². The maximum atomic E-state index is 12.6. The van der Waals surface area contributed by atoms with Crippen molar-refractivity contribution in [1.29, 1.82) is 0 Å². The van der Waals surface area contributed by atoms with Gasteiger partial charge in [0.2, 0.25) is 0 Å². The summed E-state index contributed by atoms with van der Waals surface area (Å²) in [5.74, 6) is 0.372. The first-order valence-corrected chi connectivity index (χ1v) is 9.05. The highest BCUT2D eigenvalue weighted by Gasteiger charge is 2.49. The Hall–Kier alpha value is -3.48. The van der Waals surface area contributed by atoms with Gasteiger partial charge in [0, 0.05) is 18.4 Å². The molecule has 0 radical (unpaired) electrons. The number of fused-ring (bicyclic) bond motifs is 1. The fourth-order valence-corrected chi connectivity index (χ4v) is 3.60. The monoisotopic (exact) mass is 389 g/mol. The quantitative estimate of drug-likeness (QED) is 0.653. The molecule has 3 aromatic rings. The van der Waals surface area contributed by atoms with Gasteiger partial charge in [0.15, 0.2) is 23.8 Å². The molecule has 1 aliphatic rings. The van der Waals surface area contributed by atoms with E-state index in [0.29, 0.717) is 28.9 Å². The second-order valence-corrected chi connectivity index (χ2v) is 6.73. The molecule has 146 valence electrons. The molecule has 2 heterocycles. The average molecular weight is 389 g/mol. The smallest absolute Gasteiger partial charge is 0.257 e. The maximum absolute atomic E-state index is 12.6. The van der Waals surface area contributed by atoms with Crippen LogP contribution in [0, 0.1) is 0 Å². The number of aliphatic hydroxyl groups is 1. The van der Waals surface area contributed by atoms with Crippen molar-refractivity contribution < 1.29 is 23.8 Å². The zero-order chi connectivity index (χ0) is 20.4. The third-order valence-electron chi connectivity index (χ3n) is 4.98. The summed E-state index contributed by atoms with van der Waals surface area (Å²) in [5.41, 5.74) is 0.754. The molecule has 6 nitrogen and oxygen atoms in total. The van der Waals surface area contributed by atoms with Crippen LogP contribution in [0.4, 0.5) is 5.69 Å². The van der Waals surface area contributed by atoms with Gasteiger partial charge in [-0.05, 0) is 41.5 Å². The lowest BCUT2D eigenvalue weighted by Gasteiger charge is -2.40. The van der Waals surface area contributed by atoms with Crippen LogP contribution < -0.4 is 5.32 Å².